The fourth-order valence-electron chi connectivity index (χ4n) is 0.973. The number of halogens is 3. The summed E-state index contributed by atoms with van der Waals surface area (Å²) in [5.41, 5.74) is 6.12. The van der Waals surface area contributed by atoms with Crippen molar-refractivity contribution in [1.29, 1.82) is 0 Å². The quantitative estimate of drug-likeness (QED) is 0.659. The molecular weight excluding hydrogens is 283 g/mol. The predicted molar refractivity (Wildman–Crippen MR) is 61.1 cm³/mol. The van der Waals surface area contributed by atoms with Crippen LogP contribution in [0.25, 0.3) is 0 Å². The topological polar surface area (TPSA) is 121 Å². The molecule has 0 aliphatic rings. The monoisotopic (exact) mass is 295 g/mol. The number of phenolic OH excluding ortho intramolecular Hbond substituents is 1. The van der Waals surface area contributed by atoms with Gasteiger partial charge in [-0.1, -0.05) is 12.1 Å². The van der Waals surface area contributed by atoms with Crippen LogP contribution in [0.3, 0.4) is 0 Å². The minimum atomic E-state index is -5.08. The highest BCUT2D eigenvalue weighted by Gasteiger charge is 2.38. The van der Waals surface area contributed by atoms with Gasteiger partial charge in [-0.3, -0.25) is 4.79 Å². The second-order valence-electron chi connectivity index (χ2n) is 3.62. The van der Waals surface area contributed by atoms with Crippen LogP contribution in [0.2, 0.25) is 0 Å². The maximum Gasteiger partial charge on any atom is 0.490 e. The van der Waals surface area contributed by atoms with Crippen LogP contribution in [0.1, 0.15) is 5.56 Å². The number of aliphatic carboxylic acids is 2. The fourth-order valence-corrected chi connectivity index (χ4v) is 0.973. The molecule has 20 heavy (non-hydrogen) atoms. The first-order chi connectivity index (χ1) is 9.04. The van der Waals surface area contributed by atoms with Gasteiger partial charge >= 0.3 is 18.1 Å². The number of carboxylic acid groups (broad SMARTS) is 2. The average molecular weight is 295 g/mol. The van der Waals surface area contributed by atoms with Crippen molar-refractivity contribution >= 4 is 11.9 Å². The van der Waals surface area contributed by atoms with E-state index in [1.54, 1.807) is 12.1 Å². The van der Waals surface area contributed by atoms with Crippen LogP contribution in [0.4, 0.5) is 13.2 Å². The van der Waals surface area contributed by atoms with E-state index in [0.717, 1.165) is 5.56 Å². The van der Waals surface area contributed by atoms with Crippen LogP contribution < -0.4 is 5.73 Å². The van der Waals surface area contributed by atoms with Gasteiger partial charge in [-0.25, -0.2) is 4.79 Å². The van der Waals surface area contributed by atoms with E-state index in [-0.39, 0.29) is 12.2 Å². The second-order valence-corrected chi connectivity index (χ2v) is 3.62. The van der Waals surface area contributed by atoms with Gasteiger partial charge in [0.15, 0.2) is 0 Å². The molecule has 0 bridgehead atoms. The molecule has 0 spiro atoms. The Hall–Kier alpha value is -2.29. The second kappa shape index (κ2) is 7.34. The van der Waals surface area contributed by atoms with Gasteiger partial charge in [0, 0.05) is 0 Å². The largest absolute Gasteiger partial charge is 0.508 e. The molecule has 1 rings (SSSR count). The zero-order chi connectivity index (χ0) is 15.9. The number of nitrogens with two attached hydrogens (primary N) is 1. The number of phenols is 1. The van der Waals surface area contributed by atoms with Crippen LogP contribution in [-0.4, -0.2) is 39.5 Å². The number of aromatic hydroxyl groups is 1. The molecule has 5 N–H and O–H groups in total. The fraction of sp³-hybridized carbons (Fsp3) is 0.273. The minimum Gasteiger partial charge on any atom is -0.508 e. The lowest BCUT2D eigenvalue weighted by Gasteiger charge is -2.05. The number of hydrogen-bond acceptors (Lipinski definition) is 4. The molecule has 6 nitrogen and oxygen atoms in total. The van der Waals surface area contributed by atoms with Crippen molar-refractivity contribution in [3.8, 4) is 5.75 Å². The van der Waals surface area contributed by atoms with Crippen molar-refractivity contribution < 1.29 is 38.1 Å². The van der Waals surface area contributed by atoms with Crippen LogP contribution in [0.5, 0.6) is 5.75 Å². The van der Waals surface area contributed by atoms with Crippen LogP contribution in [-0.2, 0) is 16.0 Å². The summed E-state index contributed by atoms with van der Waals surface area (Å²) in [6.45, 7) is 0. The lowest BCUT2D eigenvalue weighted by atomic mass is 10.1. The number of carboxylic acids is 2. The number of hydrogen-bond donors (Lipinski definition) is 4. The number of alkyl halides is 3. The molecule has 0 fully saturated rings. The Kier molecular flexibility index (Phi) is 6.50. The predicted octanol–water partition coefficient (Wildman–Crippen LogP) is 0.980. The molecular formula is C11H12F3NO5. The van der Waals surface area contributed by atoms with E-state index in [1.807, 2.05) is 0 Å². The summed E-state index contributed by atoms with van der Waals surface area (Å²) in [6.07, 6.45) is -4.81. The molecule has 0 saturated carbocycles. The van der Waals surface area contributed by atoms with Gasteiger partial charge in [0.1, 0.15) is 11.8 Å². The van der Waals surface area contributed by atoms with E-state index >= 15 is 0 Å². The molecule has 1 aromatic rings. The average Bonchev–Trinajstić information content (AvgIpc) is 2.31. The first-order valence-corrected chi connectivity index (χ1v) is 5.10. The smallest absolute Gasteiger partial charge is 0.490 e. The molecule has 0 radical (unpaired) electrons. The minimum absolute atomic E-state index is 0.160. The molecule has 0 amide bonds. The van der Waals surface area contributed by atoms with E-state index in [4.69, 9.17) is 25.8 Å². The van der Waals surface area contributed by atoms with E-state index in [9.17, 15) is 18.0 Å². The van der Waals surface area contributed by atoms with Gasteiger partial charge in [0.25, 0.3) is 0 Å². The summed E-state index contributed by atoms with van der Waals surface area (Å²) in [5.74, 6) is -3.62. The normalized spacial score (nSPS) is 12.0. The standard InChI is InChI=1S/C9H11NO3.C2HF3O2/c10-8(9(12)13)5-6-1-3-7(11)4-2-6;3-2(4,5)1(6)7/h1-4,8,11H,5,10H2,(H,12,13);(H,6,7)/t8-;/m0./s1. The van der Waals surface area contributed by atoms with Crippen LogP contribution in [0, 0.1) is 0 Å². The molecule has 0 aliphatic heterocycles. The van der Waals surface area contributed by atoms with E-state index in [1.165, 1.54) is 12.1 Å². The molecule has 0 aliphatic carbocycles. The third kappa shape index (κ3) is 7.21. The molecule has 112 valence electrons. The van der Waals surface area contributed by atoms with Crippen molar-refractivity contribution in [2.75, 3.05) is 0 Å². The van der Waals surface area contributed by atoms with Gasteiger partial charge in [-0.2, -0.15) is 13.2 Å². The molecule has 0 heterocycles. The molecule has 1 atom stereocenters. The molecule has 9 heteroatoms. The van der Waals surface area contributed by atoms with Crippen molar-refractivity contribution in [2.45, 2.75) is 18.6 Å². The Morgan fingerprint density at radius 3 is 1.85 bits per heavy atom. The van der Waals surface area contributed by atoms with Crippen molar-refractivity contribution in [3.63, 3.8) is 0 Å². The van der Waals surface area contributed by atoms with Gasteiger partial charge in [0.2, 0.25) is 0 Å². The first kappa shape index (κ1) is 17.7. The van der Waals surface area contributed by atoms with Crippen LogP contribution >= 0.6 is 0 Å². The van der Waals surface area contributed by atoms with E-state index in [2.05, 4.69) is 0 Å². The van der Waals surface area contributed by atoms with Gasteiger partial charge in [-0.15, -0.1) is 0 Å². The van der Waals surface area contributed by atoms with Gasteiger partial charge < -0.3 is 21.1 Å². The molecule has 0 aromatic heterocycles. The number of carbonyl (C=O) groups is 2. The Bertz CT molecular complexity index is 458. The van der Waals surface area contributed by atoms with E-state index in [0.29, 0.717) is 0 Å². The summed E-state index contributed by atoms with van der Waals surface area (Å²) in [7, 11) is 0. The highest BCUT2D eigenvalue weighted by atomic mass is 19.4. The lowest BCUT2D eigenvalue weighted by molar-refractivity contribution is -0.192. The Balaban J connectivity index is 0.000000441. The lowest BCUT2D eigenvalue weighted by Crippen LogP contribution is -2.32. The van der Waals surface area contributed by atoms with Crippen molar-refractivity contribution in [3.05, 3.63) is 29.8 Å². The molecule has 0 unspecified atom stereocenters. The van der Waals surface area contributed by atoms with Gasteiger partial charge in [0.05, 0.1) is 0 Å². The Morgan fingerprint density at radius 2 is 1.55 bits per heavy atom. The molecule has 0 saturated heterocycles. The number of benzene rings is 1. The van der Waals surface area contributed by atoms with Crippen molar-refractivity contribution in [2.24, 2.45) is 5.73 Å². The summed E-state index contributed by atoms with van der Waals surface area (Å²) in [4.78, 5) is 19.3. The summed E-state index contributed by atoms with van der Waals surface area (Å²) >= 11 is 0. The third-order valence-electron chi connectivity index (χ3n) is 1.95. The third-order valence-corrected chi connectivity index (χ3v) is 1.95. The highest BCUT2D eigenvalue weighted by molar-refractivity contribution is 5.73. The number of rotatable bonds is 3. The highest BCUT2D eigenvalue weighted by Crippen LogP contribution is 2.13. The van der Waals surface area contributed by atoms with Gasteiger partial charge in [-0.05, 0) is 24.1 Å². The van der Waals surface area contributed by atoms with E-state index < -0.39 is 24.2 Å². The maximum absolute atomic E-state index is 10.6. The first-order valence-electron chi connectivity index (χ1n) is 5.10. The van der Waals surface area contributed by atoms with Crippen molar-refractivity contribution in [1.82, 2.24) is 0 Å². The summed E-state index contributed by atoms with van der Waals surface area (Å²) in [5, 5.41) is 24.6. The SMILES string of the molecule is N[C@@H](Cc1ccc(O)cc1)C(=O)O.O=C(O)C(F)(F)F. The van der Waals surface area contributed by atoms with Crippen LogP contribution in [0.15, 0.2) is 24.3 Å². The maximum atomic E-state index is 10.6. The zero-order valence-corrected chi connectivity index (χ0v) is 9.96. The Morgan fingerprint density at radius 1 is 1.15 bits per heavy atom. The summed E-state index contributed by atoms with van der Waals surface area (Å²) in [6, 6.07) is 5.42. The summed E-state index contributed by atoms with van der Waals surface area (Å²) < 4.78 is 31.7. The zero-order valence-electron chi connectivity index (χ0n) is 9.96. The Labute approximate surface area is 111 Å². The molecule has 1 aromatic carbocycles.